The molecule has 0 saturated heterocycles. The van der Waals surface area contributed by atoms with Crippen molar-refractivity contribution >= 4 is 15.8 Å². The number of benzene rings is 2. The van der Waals surface area contributed by atoms with Crippen LogP contribution in [0, 0.1) is 0 Å². The van der Waals surface area contributed by atoms with Gasteiger partial charge in [-0.2, -0.15) is 0 Å². The van der Waals surface area contributed by atoms with Gasteiger partial charge in [0.1, 0.15) is 12.4 Å². The maximum Gasteiger partial charge on any atom is 0.191 e. The lowest BCUT2D eigenvalue weighted by molar-refractivity contribution is 0.321. The van der Waals surface area contributed by atoms with Crippen LogP contribution in [-0.2, 0) is 15.3 Å². The normalized spacial score (nSPS) is 12.5. The molecule has 0 amide bonds. The maximum absolute atomic E-state index is 11.5. The van der Waals surface area contributed by atoms with Gasteiger partial charge in [-0.15, -0.1) is 0 Å². The van der Waals surface area contributed by atoms with Crippen LogP contribution in [0.2, 0.25) is 0 Å². The van der Waals surface area contributed by atoms with Crippen molar-refractivity contribution in [2.24, 2.45) is 4.99 Å². The number of rotatable bonds is 8. The van der Waals surface area contributed by atoms with Crippen LogP contribution in [0.1, 0.15) is 19.4 Å². The summed E-state index contributed by atoms with van der Waals surface area (Å²) in [5.74, 6) is 1.34. The van der Waals surface area contributed by atoms with Gasteiger partial charge in [-0.1, -0.05) is 44.2 Å². The fraction of sp³-hybridized carbons (Fsp3) is 0.381. The number of sulfone groups is 1. The van der Waals surface area contributed by atoms with Crippen molar-refractivity contribution in [1.82, 2.24) is 10.6 Å². The molecule has 2 N–H and O–H groups in total. The van der Waals surface area contributed by atoms with Gasteiger partial charge in [-0.05, 0) is 29.8 Å². The smallest absolute Gasteiger partial charge is 0.191 e. The van der Waals surface area contributed by atoms with Gasteiger partial charge >= 0.3 is 0 Å². The minimum Gasteiger partial charge on any atom is -0.492 e. The predicted octanol–water partition coefficient (Wildman–Crippen LogP) is 2.61. The first-order valence-corrected chi connectivity index (χ1v) is 11.0. The molecule has 2 aromatic rings. The Morgan fingerprint density at radius 1 is 1.04 bits per heavy atom. The molecule has 7 heteroatoms. The van der Waals surface area contributed by atoms with Gasteiger partial charge < -0.3 is 15.4 Å². The molecule has 0 fully saturated rings. The van der Waals surface area contributed by atoms with Gasteiger partial charge in [0.25, 0.3) is 0 Å². The molecule has 0 unspecified atom stereocenters. The highest BCUT2D eigenvalue weighted by atomic mass is 32.2. The molecule has 0 aliphatic rings. The molecule has 6 nitrogen and oxygen atoms in total. The van der Waals surface area contributed by atoms with Crippen molar-refractivity contribution in [2.45, 2.75) is 24.2 Å². The van der Waals surface area contributed by atoms with E-state index in [1.165, 1.54) is 11.8 Å². The maximum atomic E-state index is 11.5. The monoisotopic (exact) mass is 403 g/mol. The van der Waals surface area contributed by atoms with E-state index >= 15 is 0 Å². The number of ether oxygens (including phenoxy) is 1. The Morgan fingerprint density at radius 3 is 2.25 bits per heavy atom. The van der Waals surface area contributed by atoms with E-state index in [1.54, 1.807) is 31.3 Å². The van der Waals surface area contributed by atoms with Gasteiger partial charge in [0.2, 0.25) is 0 Å². The molecule has 2 aromatic carbocycles. The quantitative estimate of drug-likeness (QED) is 0.402. The fourth-order valence-corrected chi connectivity index (χ4v) is 3.27. The second-order valence-electron chi connectivity index (χ2n) is 7.19. The van der Waals surface area contributed by atoms with E-state index in [9.17, 15) is 8.42 Å². The van der Waals surface area contributed by atoms with Crippen LogP contribution in [0.15, 0.2) is 64.5 Å². The zero-order valence-corrected chi connectivity index (χ0v) is 17.7. The zero-order chi connectivity index (χ0) is 20.6. The van der Waals surface area contributed by atoms with Crippen LogP contribution in [0.5, 0.6) is 5.75 Å². The van der Waals surface area contributed by atoms with Crippen LogP contribution in [-0.4, -0.2) is 47.4 Å². The van der Waals surface area contributed by atoms with Crippen molar-refractivity contribution < 1.29 is 13.2 Å². The van der Waals surface area contributed by atoms with Gasteiger partial charge in [0, 0.05) is 25.3 Å². The van der Waals surface area contributed by atoms with Gasteiger partial charge in [-0.3, -0.25) is 4.99 Å². The van der Waals surface area contributed by atoms with E-state index in [-0.39, 0.29) is 10.3 Å². The Bertz CT molecular complexity index is 877. The number of aliphatic imine (C=N–C) groups is 1. The minimum absolute atomic E-state index is 0.0310. The number of hydrogen-bond acceptors (Lipinski definition) is 4. The van der Waals surface area contributed by atoms with Crippen LogP contribution < -0.4 is 15.4 Å². The summed E-state index contributed by atoms with van der Waals surface area (Å²) in [6.07, 6.45) is 1.18. The van der Waals surface area contributed by atoms with Gasteiger partial charge in [0.05, 0.1) is 11.4 Å². The molecule has 0 radical (unpaired) electrons. The van der Waals surface area contributed by atoms with Crippen molar-refractivity contribution in [2.75, 3.05) is 33.0 Å². The first-order chi connectivity index (χ1) is 13.2. The van der Waals surface area contributed by atoms with E-state index in [4.69, 9.17) is 4.74 Å². The molecule has 0 spiro atoms. The number of guanidine groups is 1. The van der Waals surface area contributed by atoms with Crippen molar-refractivity contribution in [3.05, 3.63) is 60.2 Å². The summed E-state index contributed by atoms with van der Waals surface area (Å²) in [5, 5.41) is 6.56. The number of nitrogens with zero attached hydrogens (tertiary/aromatic N) is 1. The third kappa shape index (κ3) is 6.56. The van der Waals surface area contributed by atoms with Crippen molar-refractivity contribution in [1.29, 1.82) is 0 Å². The van der Waals surface area contributed by atoms with E-state index in [0.717, 1.165) is 6.54 Å². The van der Waals surface area contributed by atoms with Crippen LogP contribution in [0.3, 0.4) is 0 Å². The second kappa shape index (κ2) is 9.59. The molecule has 0 atom stereocenters. The SMILES string of the molecule is CN=C(NCCOc1ccc(S(C)(=O)=O)cc1)NCC(C)(C)c1ccccc1. The topological polar surface area (TPSA) is 79.8 Å². The Morgan fingerprint density at radius 2 is 1.68 bits per heavy atom. The molecule has 0 aromatic heterocycles. The average molecular weight is 404 g/mol. The molecule has 0 aliphatic carbocycles. The summed E-state index contributed by atoms with van der Waals surface area (Å²) >= 11 is 0. The highest BCUT2D eigenvalue weighted by Gasteiger charge is 2.20. The molecular weight excluding hydrogens is 374 g/mol. The predicted molar refractivity (Wildman–Crippen MR) is 114 cm³/mol. The molecule has 0 bridgehead atoms. The Balaban J connectivity index is 1.77. The summed E-state index contributed by atoms with van der Waals surface area (Å²) in [5.41, 5.74) is 1.23. The zero-order valence-electron chi connectivity index (χ0n) is 16.9. The van der Waals surface area contributed by atoms with E-state index in [0.29, 0.717) is 24.9 Å². The highest BCUT2D eigenvalue weighted by molar-refractivity contribution is 7.90. The number of nitrogens with one attached hydrogen (secondary N) is 2. The summed E-state index contributed by atoms with van der Waals surface area (Å²) in [7, 11) is -1.46. The third-order valence-electron chi connectivity index (χ3n) is 4.39. The summed E-state index contributed by atoms with van der Waals surface area (Å²) < 4.78 is 28.6. The molecule has 152 valence electrons. The molecule has 0 aliphatic heterocycles. The molecular formula is C21H29N3O3S. The minimum atomic E-state index is -3.19. The van der Waals surface area contributed by atoms with E-state index < -0.39 is 9.84 Å². The third-order valence-corrected chi connectivity index (χ3v) is 5.52. The van der Waals surface area contributed by atoms with E-state index in [1.807, 2.05) is 18.2 Å². The van der Waals surface area contributed by atoms with Gasteiger partial charge in [-0.25, -0.2) is 8.42 Å². The molecule has 2 rings (SSSR count). The van der Waals surface area contributed by atoms with Crippen LogP contribution in [0.25, 0.3) is 0 Å². The molecule has 0 heterocycles. The van der Waals surface area contributed by atoms with Crippen molar-refractivity contribution in [3.63, 3.8) is 0 Å². The fourth-order valence-electron chi connectivity index (χ4n) is 2.64. The Hall–Kier alpha value is -2.54. The second-order valence-corrected chi connectivity index (χ2v) is 9.21. The molecule has 28 heavy (non-hydrogen) atoms. The lowest BCUT2D eigenvalue weighted by atomic mass is 9.85. The largest absolute Gasteiger partial charge is 0.492 e. The summed E-state index contributed by atoms with van der Waals surface area (Å²) in [6, 6.07) is 16.8. The Kier molecular flexibility index (Phi) is 7.45. The van der Waals surface area contributed by atoms with Crippen molar-refractivity contribution in [3.8, 4) is 5.75 Å². The Labute approximate surface area is 168 Å². The number of hydrogen-bond donors (Lipinski definition) is 2. The van der Waals surface area contributed by atoms with Crippen LogP contribution in [0.4, 0.5) is 0 Å². The average Bonchev–Trinajstić information content (AvgIpc) is 2.68. The van der Waals surface area contributed by atoms with Crippen LogP contribution >= 0.6 is 0 Å². The molecule has 0 saturated carbocycles. The first-order valence-electron chi connectivity index (χ1n) is 9.15. The highest BCUT2D eigenvalue weighted by Crippen LogP contribution is 2.21. The lowest BCUT2D eigenvalue weighted by Crippen LogP contribution is -2.44. The summed E-state index contributed by atoms with van der Waals surface area (Å²) in [6.45, 7) is 6.11. The standard InChI is InChI=1S/C21H29N3O3S/c1-21(2,17-8-6-5-7-9-17)16-24-20(22-3)23-14-15-27-18-10-12-19(13-11-18)28(4,25)26/h5-13H,14-16H2,1-4H3,(H2,22,23,24). The summed E-state index contributed by atoms with van der Waals surface area (Å²) in [4.78, 5) is 4.52. The van der Waals surface area contributed by atoms with E-state index in [2.05, 4.69) is 41.6 Å². The first kappa shape index (κ1) is 21.8. The van der Waals surface area contributed by atoms with Gasteiger partial charge in [0.15, 0.2) is 15.8 Å². The lowest BCUT2D eigenvalue weighted by Gasteiger charge is -2.26.